The topological polar surface area (TPSA) is 227 Å². The highest BCUT2D eigenvalue weighted by atomic mass is 32.1. The van der Waals surface area contributed by atoms with Crippen LogP contribution in [0, 0.1) is 12.3 Å². The predicted molar refractivity (Wildman–Crippen MR) is 244 cm³/mol. The number of carbonyl (C=O) groups excluding carboxylic acids is 3. The molecule has 1 aliphatic rings. The van der Waals surface area contributed by atoms with Crippen molar-refractivity contribution < 1.29 is 57.0 Å². The Hall–Kier alpha value is -3.18. The standard InChI is InChI=1S/C45H76N6O12S/c1-4-5-7-39(44(54)51-15-6-8-40(51)43(53)48-30-37-9-11-38(12-10-37)42-36(2)49-35-64-42)50-41(52)31-63-34-45(3,32-61-28-26-59-24-22-57-20-18-55-16-13-46)33-62-29-27-60-25-23-58-21-19-56-17-14-47/h9-12,35,39-40H,4-8,13-34,46-47H2,1-3H3,(H,48,53)(H,50,52). The van der Waals surface area contributed by atoms with Crippen LogP contribution >= 0.6 is 11.3 Å². The Labute approximate surface area is 384 Å². The third-order valence-corrected chi connectivity index (χ3v) is 11.1. The van der Waals surface area contributed by atoms with Gasteiger partial charge in [0.1, 0.15) is 18.7 Å². The number of likely N-dealkylation sites (tertiary alicyclic amines) is 1. The lowest BCUT2D eigenvalue weighted by atomic mass is 9.94. The highest BCUT2D eigenvalue weighted by molar-refractivity contribution is 7.13. The fourth-order valence-electron chi connectivity index (χ4n) is 6.70. The SMILES string of the molecule is CCCCC(NC(=O)COCC(C)(COCCOCCOCCOCCN)COCCOCCOCCOCCN)C(=O)N1CCCC1C(=O)NCc1ccc(-c2scnc2C)cc1. The molecule has 3 amide bonds. The number of nitrogens with zero attached hydrogens (tertiary/aromatic N) is 2. The van der Waals surface area contributed by atoms with E-state index in [4.69, 9.17) is 54.1 Å². The highest BCUT2D eigenvalue weighted by Gasteiger charge is 2.37. The summed E-state index contributed by atoms with van der Waals surface area (Å²) in [6.45, 7) is 14.2. The average molecular weight is 925 g/mol. The van der Waals surface area contributed by atoms with Gasteiger partial charge >= 0.3 is 0 Å². The Bertz CT molecular complexity index is 1510. The Kier molecular flexibility index (Phi) is 29.4. The molecule has 1 aliphatic heterocycles. The van der Waals surface area contributed by atoms with E-state index in [-0.39, 0.29) is 38.2 Å². The van der Waals surface area contributed by atoms with Crippen LogP contribution in [0.15, 0.2) is 29.8 Å². The van der Waals surface area contributed by atoms with Crippen molar-refractivity contribution in [2.24, 2.45) is 16.9 Å². The molecule has 18 nitrogen and oxygen atoms in total. The number of rotatable bonds is 39. The molecule has 0 bridgehead atoms. The molecule has 6 N–H and O–H groups in total. The summed E-state index contributed by atoms with van der Waals surface area (Å²) >= 11 is 1.59. The van der Waals surface area contributed by atoms with E-state index in [0.29, 0.717) is 138 Å². The Morgan fingerprint density at radius 3 is 1.80 bits per heavy atom. The molecule has 1 aromatic heterocycles. The lowest BCUT2D eigenvalue weighted by molar-refractivity contribution is -0.142. The van der Waals surface area contributed by atoms with Gasteiger partial charge in [-0.3, -0.25) is 14.4 Å². The number of unbranched alkanes of at least 4 members (excludes halogenated alkanes) is 1. The molecule has 19 heteroatoms. The maximum absolute atomic E-state index is 14.0. The van der Waals surface area contributed by atoms with Crippen molar-refractivity contribution >= 4 is 29.1 Å². The number of benzene rings is 1. The fraction of sp³-hybridized carbons (Fsp3) is 0.733. The Balaban J connectivity index is 1.46. The molecule has 2 aromatic rings. The molecule has 0 radical (unpaired) electrons. The quantitative estimate of drug-likeness (QED) is 0.0707. The molecule has 364 valence electrons. The fourth-order valence-corrected chi connectivity index (χ4v) is 7.51. The molecule has 64 heavy (non-hydrogen) atoms. The summed E-state index contributed by atoms with van der Waals surface area (Å²) in [5.41, 5.74) is 15.1. The Morgan fingerprint density at radius 1 is 0.781 bits per heavy atom. The minimum atomic E-state index is -0.782. The smallest absolute Gasteiger partial charge is 0.246 e. The second-order valence-electron chi connectivity index (χ2n) is 15.8. The maximum Gasteiger partial charge on any atom is 0.246 e. The summed E-state index contributed by atoms with van der Waals surface area (Å²) in [5.74, 6) is -0.882. The van der Waals surface area contributed by atoms with Gasteiger partial charge in [-0.2, -0.15) is 0 Å². The molecule has 2 atom stereocenters. The van der Waals surface area contributed by atoms with Gasteiger partial charge in [0.2, 0.25) is 17.7 Å². The van der Waals surface area contributed by atoms with Crippen molar-refractivity contribution in [2.45, 2.75) is 71.5 Å². The number of carbonyl (C=O) groups is 3. The summed E-state index contributed by atoms with van der Waals surface area (Å²) in [4.78, 5) is 47.8. The van der Waals surface area contributed by atoms with Gasteiger partial charge in [-0.1, -0.05) is 51.0 Å². The number of ether oxygens (including phenoxy) is 9. The summed E-state index contributed by atoms with van der Waals surface area (Å²) in [7, 11) is 0. The van der Waals surface area contributed by atoms with Gasteiger partial charge in [-0.15, -0.1) is 11.3 Å². The third kappa shape index (κ3) is 22.8. The van der Waals surface area contributed by atoms with Crippen LogP contribution in [-0.4, -0.2) is 178 Å². The van der Waals surface area contributed by atoms with Crippen LogP contribution in [0.3, 0.4) is 0 Å². The van der Waals surface area contributed by atoms with Crippen LogP contribution in [0.5, 0.6) is 0 Å². The average Bonchev–Trinajstić information content (AvgIpc) is 3.97. The number of amides is 3. The number of aryl methyl sites for hydroxylation is 1. The lowest BCUT2D eigenvalue weighted by Gasteiger charge is -2.30. The van der Waals surface area contributed by atoms with Crippen LogP contribution in [0.1, 0.15) is 57.2 Å². The zero-order valence-corrected chi connectivity index (χ0v) is 39.3. The molecular weight excluding hydrogens is 849 g/mol. The number of aromatic nitrogens is 1. The van der Waals surface area contributed by atoms with Crippen molar-refractivity contribution in [3.63, 3.8) is 0 Å². The van der Waals surface area contributed by atoms with Crippen LogP contribution in [0.2, 0.25) is 0 Å². The van der Waals surface area contributed by atoms with E-state index in [0.717, 1.165) is 34.5 Å². The molecule has 1 aromatic carbocycles. The number of thiazole rings is 1. The van der Waals surface area contributed by atoms with E-state index in [1.54, 1.807) is 16.2 Å². The number of nitrogens with two attached hydrogens (primary N) is 2. The molecule has 3 rings (SSSR count). The first-order valence-corrected chi connectivity index (χ1v) is 23.6. The van der Waals surface area contributed by atoms with Gasteiger partial charge in [0.25, 0.3) is 0 Å². The van der Waals surface area contributed by atoms with Crippen LogP contribution in [-0.2, 0) is 63.6 Å². The second kappa shape index (κ2) is 34.2. The molecular formula is C45H76N6O12S. The normalized spacial score (nSPS) is 14.6. The van der Waals surface area contributed by atoms with E-state index in [1.807, 2.05) is 50.5 Å². The zero-order chi connectivity index (χ0) is 46.1. The first kappa shape index (κ1) is 55.1. The van der Waals surface area contributed by atoms with E-state index < -0.39 is 23.4 Å². The summed E-state index contributed by atoms with van der Waals surface area (Å²) in [6.07, 6.45) is 3.28. The summed E-state index contributed by atoms with van der Waals surface area (Å²) < 4.78 is 50.7. The van der Waals surface area contributed by atoms with E-state index in [1.165, 1.54) is 0 Å². The van der Waals surface area contributed by atoms with E-state index >= 15 is 0 Å². The van der Waals surface area contributed by atoms with Gasteiger partial charge in [-0.05, 0) is 37.3 Å². The third-order valence-electron chi connectivity index (χ3n) is 10.1. The summed E-state index contributed by atoms with van der Waals surface area (Å²) in [5, 5.41) is 5.93. The van der Waals surface area contributed by atoms with Crippen molar-refractivity contribution in [2.75, 3.05) is 139 Å². The minimum absolute atomic E-state index is 0.151. The molecule has 0 spiro atoms. The van der Waals surface area contributed by atoms with Gasteiger partial charge < -0.3 is 69.6 Å². The van der Waals surface area contributed by atoms with E-state index in [2.05, 4.69) is 15.6 Å². The van der Waals surface area contributed by atoms with Gasteiger partial charge in [0.05, 0.1) is 128 Å². The first-order valence-electron chi connectivity index (χ1n) is 22.7. The van der Waals surface area contributed by atoms with Crippen molar-refractivity contribution in [3.05, 3.63) is 41.0 Å². The molecule has 0 aliphatic carbocycles. The van der Waals surface area contributed by atoms with Crippen LogP contribution in [0.4, 0.5) is 0 Å². The molecule has 2 unspecified atom stereocenters. The second-order valence-corrected chi connectivity index (χ2v) is 16.6. The van der Waals surface area contributed by atoms with Gasteiger partial charge in [0, 0.05) is 31.6 Å². The molecule has 1 saturated heterocycles. The molecule has 1 fully saturated rings. The highest BCUT2D eigenvalue weighted by Crippen LogP contribution is 2.27. The first-order chi connectivity index (χ1) is 31.2. The number of hydrogen-bond acceptors (Lipinski definition) is 16. The Morgan fingerprint density at radius 2 is 1.30 bits per heavy atom. The van der Waals surface area contributed by atoms with Gasteiger partial charge in [0.15, 0.2) is 0 Å². The van der Waals surface area contributed by atoms with Crippen molar-refractivity contribution in [1.82, 2.24) is 20.5 Å². The van der Waals surface area contributed by atoms with Gasteiger partial charge in [-0.25, -0.2) is 4.98 Å². The zero-order valence-electron chi connectivity index (χ0n) is 38.5. The molecule has 2 heterocycles. The lowest BCUT2D eigenvalue weighted by Crippen LogP contribution is -2.54. The minimum Gasteiger partial charge on any atom is -0.378 e. The van der Waals surface area contributed by atoms with Crippen molar-refractivity contribution in [3.8, 4) is 10.4 Å². The summed E-state index contributed by atoms with van der Waals surface area (Å²) in [6, 6.07) is 6.65. The monoisotopic (exact) mass is 925 g/mol. The van der Waals surface area contributed by atoms with Crippen LogP contribution in [0.25, 0.3) is 10.4 Å². The maximum atomic E-state index is 14.0. The van der Waals surface area contributed by atoms with Crippen LogP contribution < -0.4 is 22.1 Å². The number of nitrogens with one attached hydrogen (secondary N) is 2. The molecule has 0 saturated carbocycles. The van der Waals surface area contributed by atoms with E-state index in [9.17, 15) is 14.4 Å². The predicted octanol–water partition coefficient (Wildman–Crippen LogP) is 2.47. The van der Waals surface area contributed by atoms with Crippen molar-refractivity contribution in [1.29, 1.82) is 0 Å². The largest absolute Gasteiger partial charge is 0.378 e. The number of hydrogen-bond donors (Lipinski definition) is 4.